The summed E-state index contributed by atoms with van der Waals surface area (Å²) in [5.74, 6) is -0.139. The van der Waals surface area contributed by atoms with Crippen LogP contribution in [0.1, 0.15) is 25.7 Å². The molecule has 1 aromatic heterocycles. The summed E-state index contributed by atoms with van der Waals surface area (Å²) in [4.78, 5) is 17.7. The van der Waals surface area contributed by atoms with Crippen LogP contribution in [0, 0.1) is 0 Å². The molecule has 19 heavy (non-hydrogen) atoms. The summed E-state index contributed by atoms with van der Waals surface area (Å²) in [5.41, 5.74) is 5.37. The van der Waals surface area contributed by atoms with Crippen LogP contribution in [0.5, 0.6) is 0 Å². The molecule has 2 rings (SSSR count). The van der Waals surface area contributed by atoms with Gasteiger partial charge in [-0.05, 0) is 32.9 Å². The number of nitrogens with zero attached hydrogens (tertiary/aromatic N) is 4. The summed E-state index contributed by atoms with van der Waals surface area (Å²) in [7, 11) is 2.13. The molecule has 0 saturated carbocycles. The van der Waals surface area contributed by atoms with E-state index >= 15 is 0 Å². The molecule has 1 aromatic rings. The van der Waals surface area contributed by atoms with Crippen molar-refractivity contribution in [3.05, 3.63) is 6.33 Å². The van der Waals surface area contributed by atoms with Crippen molar-refractivity contribution in [3.8, 4) is 0 Å². The molecule has 1 aliphatic rings. The number of esters is 1. The second kappa shape index (κ2) is 6.51. The van der Waals surface area contributed by atoms with Crippen LogP contribution in [0.2, 0.25) is 0 Å². The lowest BCUT2D eigenvalue weighted by atomic mass is 10.0. The molecule has 1 atom stereocenters. The third kappa shape index (κ3) is 4.20. The van der Waals surface area contributed by atoms with Gasteiger partial charge in [-0.25, -0.2) is 9.67 Å². The first-order chi connectivity index (χ1) is 9.15. The maximum absolute atomic E-state index is 11.6. The number of anilines is 1. The lowest BCUT2D eigenvalue weighted by Crippen LogP contribution is -2.37. The van der Waals surface area contributed by atoms with E-state index in [1.165, 1.54) is 30.3 Å². The molecule has 2 heterocycles. The lowest BCUT2D eigenvalue weighted by Gasteiger charge is -2.32. The SMILES string of the molecule is CN1CCCCC1CCOC(=O)Cn1cnc(N)n1. The van der Waals surface area contributed by atoms with Gasteiger partial charge in [0.2, 0.25) is 5.95 Å². The largest absolute Gasteiger partial charge is 0.464 e. The predicted molar refractivity (Wildman–Crippen MR) is 70.3 cm³/mol. The van der Waals surface area contributed by atoms with Crippen molar-refractivity contribution < 1.29 is 9.53 Å². The zero-order chi connectivity index (χ0) is 13.7. The third-order valence-corrected chi connectivity index (χ3v) is 3.48. The average Bonchev–Trinajstić information content (AvgIpc) is 2.77. The van der Waals surface area contributed by atoms with Crippen LogP contribution in [0.15, 0.2) is 6.33 Å². The van der Waals surface area contributed by atoms with Gasteiger partial charge in [0.15, 0.2) is 0 Å². The van der Waals surface area contributed by atoms with E-state index in [0.717, 1.165) is 13.0 Å². The van der Waals surface area contributed by atoms with Crippen molar-refractivity contribution in [2.45, 2.75) is 38.3 Å². The molecule has 1 unspecified atom stereocenters. The highest BCUT2D eigenvalue weighted by molar-refractivity contribution is 5.68. The number of hydrogen-bond donors (Lipinski definition) is 1. The Balaban J connectivity index is 1.66. The van der Waals surface area contributed by atoms with Crippen LogP contribution >= 0.6 is 0 Å². The Hall–Kier alpha value is -1.63. The van der Waals surface area contributed by atoms with E-state index in [1.54, 1.807) is 0 Å². The molecule has 0 spiro atoms. The Labute approximate surface area is 112 Å². The van der Waals surface area contributed by atoms with Crippen LogP contribution in [0.3, 0.4) is 0 Å². The molecule has 0 aromatic carbocycles. The highest BCUT2D eigenvalue weighted by Gasteiger charge is 2.19. The first-order valence-electron chi connectivity index (χ1n) is 6.66. The Morgan fingerprint density at radius 2 is 2.42 bits per heavy atom. The summed E-state index contributed by atoms with van der Waals surface area (Å²) in [6, 6.07) is 0.531. The van der Waals surface area contributed by atoms with E-state index in [9.17, 15) is 4.79 Å². The van der Waals surface area contributed by atoms with Gasteiger partial charge in [0.25, 0.3) is 0 Å². The van der Waals surface area contributed by atoms with Crippen LogP contribution in [0.25, 0.3) is 0 Å². The summed E-state index contributed by atoms with van der Waals surface area (Å²) in [6.45, 7) is 1.65. The molecule has 0 radical (unpaired) electrons. The molecular formula is C12H21N5O2. The molecule has 7 nitrogen and oxygen atoms in total. The number of carbonyl (C=O) groups is 1. The minimum absolute atomic E-state index is 0.0602. The first-order valence-corrected chi connectivity index (χ1v) is 6.66. The normalized spacial score (nSPS) is 20.4. The number of hydrogen-bond acceptors (Lipinski definition) is 6. The number of piperidine rings is 1. The fraction of sp³-hybridized carbons (Fsp3) is 0.750. The Morgan fingerprint density at radius 3 is 3.11 bits per heavy atom. The van der Waals surface area contributed by atoms with Crippen molar-refractivity contribution in [2.75, 3.05) is 25.9 Å². The Morgan fingerprint density at radius 1 is 1.58 bits per heavy atom. The Bertz CT molecular complexity index is 420. The lowest BCUT2D eigenvalue weighted by molar-refractivity contribution is -0.145. The summed E-state index contributed by atoms with van der Waals surface area (Å²) < 4.78 is 6.59. The topological polar surface area (TPSA) is 86.3 Å². The van der Waals surface area contributed by atoms with Crippen molar-refractivity contribution in [1.82, 2.24) is 19.7 Å². The first kappa shape index (κ1) is 13.8. The Kier molecular flexibility index (Phi) is 4.73. The monoisotopic (exact) mass is 267 g/mol. The minimum Gasteiger partial charge on any atom is -0.464 e. The van der Waals surface area contributed by atoms with Crippen LogP contribution in [0.4, 0.5) is 5.95 Å². The van der Waals surface area contributed by atoms with E-state index in [0.29, 0.717) is 12.6 Å². The van der Waals surface area contributed by atoms with Crippen molar-refractivity contribution >= 4 is 11.9 Å². The highest BCUT2D eigenvalue weighted by Crippen LogP contribution is 2.17. The van der Waals surface area contributed by atoms with Gasteiger partial charge in [-0.2, -0.15) is 0 Å². The minimum atomic E-state index is -0.302. The van der Waals surface area contributed by atoms with Crippen molar-refractivity contribution in [3.63, 3.8) is 0 Å². The van der Waals surface area contributed by atoms with Crippen LogP contribution < -0.4 is 5.73 Å². The summed E-state index contributed by atoms with van der Waals surface area (Å²) in [6.07, 6.45) is 6.03. The number of ether oxygens (including phenoxy) is 1. The third-order valence-electron chi connectivity index (χ3n) is 3.48. The number of rotatable bonds is 5. The van der Waals surface area contributed by atoms with Gasteiger partial charge >= 0.3 is 5.97 Å². The van der Waals surface area contributed by atoms with Gasteiger partial charge < -0.3 is 15.4 Å². The van der Waals surface area contributed by atoms with Crippen molar-refractivity contribution in [2.24, 2.45) is 0 Å². The number of likely N-dealkylation sites (tertiary alicyclic amines) is 1. The molecule has 0 amide bonds. The van der Waals surface area contributed by atoms with E-state index in [1.807, 2.05) is 0 Å². The maximum Gasteiger partial charge on any atom is 0.327 e. The number of carbonyl (C=O) groups excluding carboxylic acids is 1. The molecule has 106 valence electrons. The summed E-state index contributed by atoms with van der Waals surface area (Å²) in [5, 5.41) is 3.83. The second-order valence-corrected chi connectivity index (χ2v) is 4.94. The molecule has 7 heteroatoms. The van der Waals surface area contributed by atoms with Gasteiger partial charge in [-0.15, -0.1) is 5.10 Å². The molecular weight excluding hydrogens is 246 g/mol. The number of nitrogens with two attached hydrogens (primary N) is 1. The van der Waals surface area contributed by atoms with Gasteiger partial charge in [0, 0.05) is 6.04 Å². The molecule has 2 N–H and O–H groups in total. The number of aromatic nitrogens is 3. The van der Waals surface area contributed by atoms with Crippen LogP contribution in [-0.4, -0.2) is 51.9 Å². The zero-order valence-corrected chi connectivity index (χ0v) is 11.3. The molecule has 1 saturated heterocycles. The van der Waals surface area contributed by atoms with E-state index in [-0.39, 0.29) is 18.5 Å². The zero-order valence-electron chi connectivity index (χ0n) is 11.3. The number of nitrogen functional groups attached to an aromatic ring is 1. The molecule has 0 bridgehead atoms. The fourth-order valence-corrected chi connectivity index (χ4v) is 2.38. The van der Waals surface area contributed by atoms with E-state index < -0.39 is 0 Å². The second-order valence-electron chi connectivity index (χ2n) is 4.94. The van der Waals surface area contributed by atoms with Gasteiger partial charge in [0.1, 0.15) is 12.9 Å². The quantitative estimate of drug-likeness (QED) is 0.771. The van der Waals surface area contributed by atoms with Gasteiger partial charge in [0.05, 0.1) is 6.61 Å². The molecule has 0 aliphatic carbocycles. The van der Waals surface area contributed by atoms with E-state index in [4.69, 9.17) is 10.5 Å². The van der Waals surface area contributed by atoms with Gasteiger partial charge in [-0.1, -0.05) is 6.42 Å². The van der Waals surface area contributed by atoms with E-state index in [2.05, 4.69) is 22.0 Å². The smallest absolute Gasteiger partial charge is 0.327 e. The fourth-order valence-electron chi connectivity index (χ4n) is 2.38. The van der Waals surface area contributed by atoms with Gasteiger partial charge in [-0.3, -0.25) is 4.79 Å². The average molecular weight is 267 g/mol. The van der Waals surface area contributed by atoms with Crippen LogP contribution in [-0.2, 0) is 16.1 Å². The molecule has 1 aliphatic heterocycles. The standard InChI is InChI=1S/C12H21N5O2/c1-16-6-3-2-4-10(16)5-7-19-11(18)8-17-9-14-12(13)15-17/h9-10H,2-8H2,1H3,(H2,13,15). The molecule has 1 fully saturated rings. The summed E-state index contributed by atoms with van der Waals surface area (Å²) >= 11 is 0. The highest BCUT2D eigenvalue weighted by atomic mass is 16.5. The predicted octanol–water partition coefficient (Wildman–Crippen LogP) is 0.278. The maximum atomic E-state index is 11.6. The van der Waals surface area contributed by atoms with Crippen molar-refractivity contribution in [1.29, 1.82) is 0 Å².